The average molecular weight is 317 g/mol. The molecule has 2 atom stereocenters. The predicted molar refractivity (Wildman–Crippen MR) is 84.5 cm³/mol. The number of hydrogen-bond donors (Lipinski definition) is 0. The van der Waals surface area contributed by atoms with Crippen molar-refractivity contribution in [1.82, 2.24) is 4.90 Å². The SMILES string of the molecule is CCOC(=O)[C@@H]1CN(C(=O)OCc2ccccc2)C[C@@H]1C1CC1. The molecule has 5 nitrogen and oxygen atoms in total. The molecule has 1 aliphatic carbocycles. The van der Waals surface area contributed by atoms with E-state index in [1.54, 1.807) is 4.90 Å². The number of benzene rings is 1. The summed E-state index contributed by atoms with van der Waals surface area (Å²) in [6, 6.07) is 9.60. The minimum absolute atomic E-state index is 0.178. The zero-order valence-electron chi connectivity index (χ0n) is 13.4. The number of rotatable bonds is 5. The molecule has 0 aromatic heterocycles. The van der Waals surface area contributed by atoms with Crippen LogP contribution in [0.5, 0.6) is 0 Å². The number of hydrogen-bond acceptors (Lipinski definition) is 4. The Balaban J connectivity index is 1.57. The molecule has 1 heterocycles. The van der Waals surface area contributed by atoms with Gasteiger partial charge in [0, 0.05) is 13.1 Å². The molecular weight excluding hydrogens is 294 g/mol. The maximum atomic E-state index is 12.3. The van der Waals surface area contributed by atoms with Crippen LogP contribution in [0.15, 0.2) is 30.3 Å². The lowest BCUT2D eigenvalue weighted by molar-refractivity contribution is -0.149. The third-order valence-electron chi connectivity index (χ3n) is 4.65. The first-order valence-corrected chi connectivity index (χ1v) is 8.31. The molecule has 1 aromatic carbocycles. The quantitative estimate of drug-likeness (QED) is 0.784. The van der Waals surface area contributed by atoms with Gasteiger partial charge in [-0.25, -0.2) is 4.79 Å². The minimum Gasteiger partial charge on any atom is -0.466 e. The van der Waals surface area contributed by atoms with Crippen molar-refractivity contribution in [2.24, 2.45) is 17.8 Å². The van der Waals surface area contributed by atoms with Gasteiger partial charge in [0.15, 0.2) is 0 Å². The predicted octanol–water partition coefficient (Wildman–Crippen LogP) is 2.84. The molecular formula is C18H23NO4. The second-order valence-corrected chi connectivity index (χ2v) is 6.30. The van der Waals surface area contributed by atoms with Gasteiger partial charge < -0.3 is 14.4 Å². The molecule has 1 saturated heterocycles. The maximum absolute atomic E-state index is 12.3. The Hall–Kier alpha value is -2.04. The van der Waals surface area contributed by atoms with E-state index in [-0.39, 0.29) is 30.5 Å². The average Bonchev–Trinajstić information content (AvgIpc) is 3.32. The van der Waals surface area contributed by atoms with Gasteiger partial charge in [-0.3, -0.25) is 4.79 Å². The minimum atomic E-state index is -0.341. The molecule has 2 fully saturated rings. The van der Waals surface area contributed by atoms with E-state index in [1.807, 2.05) is 37.3 Å². The molecule has 0 unspecified atom stereocenters. The van der Waals surface area contributed by atoms with Gasteiger partial charge in [-0.05, 0) is 37.2 Å². The second kappa shape index (κ2) is 7.02. The highest BCUT2D eigenvalue weighted by Crippen LogP contribution is 2.44. The Bertz CT molecular complexity index is 555. The summed E-state index contributed by atoms with van der Waals surface area (Å²) in [5.74, 6) is 0.393. The van der Waals surface area contributed by atoms with Gasteiger partial charge in [-0.15, -0.1) is 0 Å². The van der Waals surface area contributed by atoms with Crippen molar-refractivity contribution >= 4 is 12.1 Å². The Morgan fingerprint density at radius 1 is 1.13 bits per heavy atom. The van der Waals surface area contributed by atoms with Gasteiger partial charge in [0.05, 0.1) is 12.5 Å². The van der Waals surface area contributed by atoms with Crippen LogP contribution < -0.4 is 0 Å². The van der Waals surface area contributed by atoms with Crippen LogP contribution in [0, 0.1) is 17.8 Å². The summed E-state index contributed by atoms with van der Waals surface area (Å²) in [5.41, 5.74) is 0.959. The normalized spacial score (nSPS) is 23.6. The number of ether oxygens (including phenoxy) is 2. The van der Waals surface area contributed by atoms with E-state index >= 15 is 0 Å². The Morgan fingerprint density at radius 2 is 1.87 bits per heavy atom. The first-order valence-electron chi connectivity index (χ1n) is 8.31. The van der Waals surface area contributed by atoms with Crippen LogP contribution in [0.25, 0.3) is 0 Å². The zero-order valence-corrected chi connectivity index (χ0v) is 13.4. The smallest absolute Gasteiger partial charge is 0.410 e. The fraction of sp³-hybridized carbons (Fsp3) is 0.556. The van der Waals surface area contributed by atoms with E-state index in [4.69, 9.17) is 9.47 Å². The highest BCUT2D eigenvalue weighted by Gasteiger charge is 2.47. The topological polar surface area (TPSA) is 55.8 Å². The summed E-state index contributed by atoms with van der Waals surface area (Å²) in [6.07, 6.45) is 1.95. The molecule has 0 spiro atoms. The Labute approximate surface area is 136 Å². The van der Waals surface area contributed by atoms with Crippen molar-refractivity contribution in [3.8, 4) is 0 Å². The molecule has 1 saturated carbocycles. The van der Waals surface area contributed by atoms with Crippen molar-refractivity contribution < 1.29 is 19.1 Å². The fourth-order valence-corrected chi connectivity index (χ4v) is 3.29. The lowest BCUT2D eigenvalue weighted by Crippen LogP contribution is -2.30. The number of nitrogens with zero attached hydrogens (tertiary/aromatic N) is 1. The van der Waals surface area contributed by atoms with Crippen LogP contribution in [0.4, 0.5) is 4.79 Å². The van der Waals surface area contributed by atoms with Crippen LogP contribution in [0.2, 0.25) is 0 Å². The van der Waals surface area contributed by atoms with Gasteiger partial charge in [0.1, 0.15) is 6.61 Å². The van der Waals surface area contributed by atoms with E-state index in [0.717, 1.165) is 18.4 Å². The molecule has 1 aromatic rings. The Kier molecular flexibility index (Phi) is 4.84. The standard InChI is InChI=1S/C18H23NO4/c1-2-22-17(20)16-11-19(10-15(16)14-8-9-14)18(21)23-12-13-6-4-3-5-7-13/h3-7,14-16H,2,8-12H2,1H3/t15-,16-/m1/s1. The first kappa shape index (κ1) is 15.8. The third kappa shape index (κ3) is 3.84. The van der Waals surface area contributed by atoms with Gasteiger partial charge in [-0.1, -0.05) is 30.3 Å². The molecule has 124 valence electrons. The fourth-order valence-electron chi connectivity index (χ4n) is 3.29. The van der Waals surface area contributed by atoms with E-state index in [0.29, 0.717) is 25.6 Å². The lowest BCUT2D eigenvalue weighted by Gasteiger charge is -2.16. The molecule has 0 radical (unpaired) electrons. The van der Waals surface area contributed by atoms with Crippen LogP contribution >= 0.6 is 0 Å². The van der Waals surface area contributed by atoms with Crippen LogP contribution in [0.3, 0.4) is 0 Å². The molecule has 0 N–H and O–H groups in total. The van der Waals surface area contributed by atoms with Crippen LogP contribution in [-0.2, 0) is 20.9 Å². The summed E-state index contributed by atoms with van der Waals surface area (Å²) in [5, 5.41) is 0. The summed E-state index contributed by atoms with van der Waals surface area (Å²) in [4.78, 5) is 26.1. The monoisotopic (exact) mass is 317 g/mol. The van der Waals surface area contributed by atoms with Gasteiger partial charge in [0.2, 0.25) is 0 Å². The van der Waals surface area contributed by atoms with Gasteiger partial charge >= 0.3 is 12.1 Å². The number of likely N-dealkylation sites (tertiary alicyclic amines) is 1. The van der Waals surface area contributed by atoms with Gasteiger partial charge in [-0.2, -0.15) is 0 Å². The number of carbonyl (C=O) groups excluding carboxylic acids is 2. The van der Waals surface area contributed by atoms with Crippen LogP contribution in [0.1, 0.15) is 25.3 Å². The van der Waals surface area contributed by atoms with E-state index < -0.39 is 0 Å². The highest BCUT2D eigenvalue weighted by atomic mass is 16.6. The highest BCUT2D eigenvalue weighted by molar-refractivity contribution is 5.76. The summed E-state index contributed by atoms with van der Waals surface area (Å²) in [7, 11) is 0. The van der Waals surface area contributed by atoms with Crippen molar-refractivity contribution in [3.63, 3.8) is 0 Å². The first-order chi connectivity index (χ1) is 11.2. The largest absolute Gasteiger partial charge is 0.466 e. The molecule has 5 heteroatoms. The molecule has 2 aliphatic rings. The molecule has 1 aliphatic heterocycles. The number of esters is 1. The van der Waals surface area contributed by atoms with Gasteiger partial charge in [0.25, 0.3) is 0 Å². The molecule has 1 amide bonds. The summed E-state index contributed by atoms with van der Waals surface area (Å²) in [6.45, 7) is 3.46. The molecule has 23 heavy (non-hydrogen) atoms. The second-order valence-electron chi connectivity index (χ2n) is 6.30. The Morgan fingerprint density at radius 3 is 2.52 bits per heavy atom. The zero-order chi connectivity index (χ0) is 16.2. The van der Waals surface area contributed by atoms with Crippen molar-refractivity contribution in [2.75, 3.05) is 19.7 Å². The summed E-state index contributed by atoms with van der Waals surface area (Å²) >= 11 is 0. The van der Waals surface area contributed by atoms with E-state index in [9.17, 15) is 9.59 Å². The van der Waals surface area contributed by atoms with E-state index in [1.165, 1.54) is 0 Å². The van der Waals surface area contributed by atoms with Crippen molar-refractivity contribution in [3.05, 3.63) is 35.9 Å². The number of amides is 1. The molecule has 3 rings (SSSR count). The maximum Gasteiger partial charge on any atom is 0.410 e. The van der Waals surface area contributed by atoms with E-state index in [2.05, 4.69) is 0 Å². The number of carbonyl (C=O) groups is 2. The summed E-state index contributed by atoms with van der Waals surface area (Å²) < 4.78 is 10.6. The van der Waals surface area contributed by atoms with Crippen molar-refractivity contribution in [1.29, 1.82) is 0 Å². The molecule has 0 bridgehead atoms. The van der Waals surface area contributed by atoms with Crippen molar-refractivity contribution in [2.45, 2.75) is 26.4 Å². The van der Waals surface area contributed by atoms with Crippen LogP contribution in [-0.4, -0.2) is 36.7 Å². The third-order valence-corrected chi connectivity index (χ3v) is 4.65. The lowest BCUT2D eigenvalue weighted by atomic mass is 9.92.